The van der Waals surface area contributed by atoms with Gasteiger partial charge in [0.2, 0.25) is 5.91 Å². The largest absolute Gasteiger partial charge is 0.349 e. The predicted octanol–water partition coefficient (Wildman–Crippen LogP) is 3.96. The molecule has 6 heteroatoms. The minimum absolute atomic E-state index is 0.0637. The van der Waals surface area contributed by atoms with E-state index >= 15 is 0 Å². The van der Waals surface area contributed by atoms with Gasteiger partial charge in [0.05, 0.1) is 16.5 Å². The van der Waals surface area contributed by atoms with Gasteiger partial charge in [0.15, 0.2) is 0 Å². The number of piperidine rings is 1. The van der Waals surface area contributed by atoms with Crippen LogP contribution < -0.4 is 5.32 Å². The summed E-state index contributed by atoms with van der Waals surface area (Å²) >= 11 is 11.9. The highest BCUT2D eigenvalue weighted by Crippen LogP contribution is 2.23. The van der Waals surface area contributed by atoms with E-state index in [4.69, 9.17) is 23.2 Å². The molecule has 26 heavy (non-hydrogen) atoms. The Morgan fingerprint density at radius 2 is 1.69 bits per heavy atom. The van der Waals surface area contributed by atoms with Gasteiger partial charge in [-0.3, -0.25) is 9.59 Å². The van der Waals surface area contributed by atoms with E-state index in [1.165, 1.54) is 0 Å². The molecule has 2 amide bonds. The number of hydrogen-bond donors (Lipinski definition) is 1. The quantitative estimate of drug-likeness (QED) is 0.858. The van der Waals surface area contributed by atoms with Crippen LogP contribution in [0.3, 0.4) is 0 Å². The van der Waals surface area contributed by atoms with Crippen molar-refractivity contribution < 1.29 is 9.59 Å². The first-order chi connectivity index (χ1) is 12.5. The van der Waals surface area contributed by atoms with Gasteiger partial charge in [-0.2, -0.15) is 0 Å². The molecule has 1 aliphatic rings. The minimum Gasteiger partial charge on any atom is -0.349 e. The van der Waals surface area contributed by atoms with E-state index in [2.05, 4.69) is 5.32 Å². The fraction of sp³-hybridized carbons (Fsp3) is 0.300. The second kappa shape index (κ2) is 8.56. The third kappa shape index (κ3) is 4.77. The normalized spacial score (nSPS) is 14.9. The minimum atomic E-state index is -0.0637. The zero-order valence-electron chi connectivity index (χ0n) is 14.3. The highest BCUT2D eigenvalue weighted by Gasteiger charge is 2.24. The number of amides is 2. The number of carbonyl (C=O) groups excluding carboxylic acids is 2. The number of benzene rings is 2. The van der Waals surface area contributed by atoms with Crippen molar-refractivity contribution in [3.05, 3.63) is 69.7 Å². The van der Waals surface area contributed by atoms with Crippen LogP contribution >= 0.6 is 23.2 Å². The summed E-state index contributed by atoms with van der Waals surface area (Å²) in [6.07, 6.45) is 1.81. The highest BCUT2D eigenvalue weighted by molar-refractivity contribution is 6.42. The molecule has 0 bridgehead atoms. The maximum atomic E-state index is 12.5. The molecule has 3 rings (SSSR count). The van der Waals surface area contributed by atoms with Crippen molar-refractivity contribution in [1.82, 2.24) is 10.2 Å². The Morgan fingerprint density at radius 1 is 1.00 bits per heavy atom. The van der Waals surface area contributed by atoms with Crippen molar-refractivity contribution in [1.29, 1.82) is 0 Å². The van der Waals surface area contributed by atoms with Gasteiger partial charge in [0.25, 0.3) is 5.91 Å². The van der Waals surface area contributed by atoms with E-state index < -0.39 is 0 Å². The maximum Gasteiger partial charge on any atom is 0.251 e. The summed E-state index contributed by atoms with van der Waals surface area (Å²) in [5, 5.41) is 3.99. The van der Waals surface area contributed by atoms with Gasteiger partial charge in [-0.15, -0.1) is 0 Å². The number of nitrogens with one attached hydrogen (secondary N) is 1. The smallest absolute Gasteiger partial charge is 0.251 e. The molecule has 1 aliphatic heterocycles. The van der Waals surface area contributed by atoms with E-state index in [0.29, 0.717) is 35.1 Å². The standard InChI is InChI=1S/C20H20Cl2N2O2/c21-17-7-6-14(12-18(17)22)13-19(25)24-10-8-16(9-11-24)23-20(26)15-4-2-1-3-5-15/h1-7,12,16H,8-11,13H2,(H,23,26). The van der Waals surface area contributed by atoms with Crippen LogP contribution in [0.2, 0.25) is 10.0 Å². The summed E-state index contributed by atoms with van der Waals surface area (Å²) in [5.41, 5.74) is 1.51. The maximum absolute atomic E-state index is 12.5. The molecule has 0 aliphatic carbocycles. The molecule has 2 aromatic carbocycles. The summed E-state index contributed by atoms with van der Waals surface area (Å²) in [7, 11) is 0. The molecular formula is C20H20Cl2N2O2. The SMILES string of the molecule is O=C(NC1CCN(C(=O)Cc2ccc(Cl)c(Cl)c2)CC1)c1ccccc1. The molecule has 136 valence electrons. The predicted molar refractivity (Wildman–Crippen MR) is 104 cm³/mol. The second-order valence-corrected chi connectivity index (χ2v) is 7.23. The number of likely N-dealkylation sites (tertiary alicyclic amines) is 1. The molecule has 0 spiro atoms. The average Bonchev–Trinajstić information content (AvgIpc) is 2.66. The summed E-state index contributed by atoms with van der Waals surface area (Å²) < 4.78 is 0. The lowest BCUT2D eigenvalue weighted by Gasteiger charge is -2.32. The first kappa shape index (κ1) is 18.7. The van der Waals surface area contributed by atoms with Crippen molar-refractivity contribution >= 4 is 35.0 Å². The lowest BCUT2D eigenvalue weighted by molar-refractivity contribution is -0.131. The van der Waals surface area contributed by atoms with Crippen LogP contribution in [0.4, 0.5) is 0 Å². The summed E-state index contributed by atoms with van der Waals surface area (Å²) in [5.74, 6) is 0.00223. The Morgan fingerprint density at radius 3 is 2.35 bits per heavy atom. The molecule has 1 fully saturated rings. The van der Waals surface area contributed by atoms with E-state index in [1.54, 1.807) is 24.3 Å². The van der Waals surface area contributed by atoms with E-state index in [1.807, 2.05) is 29.2 Å². The van der Waals surface area contributed by atoms with Gasteiger partial charge in [0.1, 0.15) is 0 Å². The Balaban J connectivity index is 1.49. The molecule has 0 radical (unpaired) electrons. The third-order valence-electron chi connectivity index (χ3n) is 4.56. The van der Waals surface area contributed by atoms with Crippen LogP contribution in [-0.4, -0.2) is 35.8 Å². The molecular weight excluding hydrogens is 371 g/mol. The van der Waals surface area contributed by atoms with Crippen LogP contribution in [-0.2, 0) is 11.2 Å². The van der Waals surface area contributed by atoms with Gasteiger partial charge in [-0.05, 0) is 42.7 Å². The van der Waals surface area contributed by atoms with E-state index in [-0.39, 0.29) is 17.9 Å². The summed E-state index contributed by atoms with van der Waals surface area (Å²) in [4.78, 5) is 26.5. The monoisotopic (exact) mass is 390 g/mol. The molecule has 1 heterocycles. The van der Waals surface area contributed by atoms with E-state index in [9.17, 15) is 9.59 Å². The van der Waals surface area contributed by atoms with Gasteiger partial charge >= 0.3 is 0 Å². The van der Waals surface area contributed by atoms with Crippen molar-refractivity contribution in [3.63, 3.8) is 0 Å². The average molecular weight is 391 g/mol. The Hall–Kier alpha value is -2.04. The molecule has 2 aromatic rings. The van der Waals surface area contributed by atoms with Gasteiger partial charge in [-0.1, -0.05) is 47.5 Å². The van der Waals surface area contributed by atoms with Crippen molar-refractivity contribution in [2.45, 2.75) is 25.3 Å². The van der Waals surface area contributed by atoms with Gasteiger partial charge in [0, 0.05) is 24.7 Å². The Kier molecular flexibility index (Phi) is 6.17. The molecule has 0 unspecified atom stereocenters. The first-order valence-electron chi connectivity index (χ1n) is 8.60. The Bertz CT molecular complexity index is 788. The van der Waals surface area contributed by atoms with Crippen LogP contribution in [0, 0.1) is 0 Å². The molecule has 1 N–H and O–H groups in total. The number of rotatable bonds is 4. The summed E-state index contributed by atoms with van der Waals surface area (Å²) in [6.45, 7) is 1.28. The van der Waals surface area contributed by atoms with Crippen molar-refractivity contribution in [3.8, 4) is 0 Å². The fourth-order valence-electron chi connectivity index (χ4n) is 3.07. The number of carbonyl (C=O) groups is 2. The first-order valence-corrected chi connectivity index (χ1v) is 9.36. The molecule has 1 saturated heterocycles. The third-order valence-corrected chi connectivity index (χ3v) is 5.30. The lowest BCUT2D eigenvalue weighted by Crippen LogP contribution is -2.46. The molecule has 0 atom stereocenters. The fourth-order valence-corrected chi connectivity index (χ4v) is 3.39. The number of nitrogens with zero attached hydrogens (tertiary/aromatic N) is 1. The van der Waals surface area contributed by atoms with Crippen LogP contribution in [0.15, 0.2) is 48.5 Å². The zero-order valence-corrected chi connectivity index (χ0v) is 15.8. The lowest BCUT2D eigenvalue weighted by atomic mass is 10.0. The number of halogens is 2. The molecule has 0 aromatic heterocycles. The Labute approximate surface area is 163 Å². The number of hydrogen-bond acceptors (Lipinski definition) is 2. The van der Waals surface area contributed by atoms with Gasteiger partial charge in [-0.25, -0.2) is 0 Å². The summed E-state index contributed by atoms with van der Waals surface area (Å²) in [6, 6.07) is 14.5. The van der Waals surface area contributed by atoms with Crippen molar-refractivity contribution in [2.75, 3.05) is 13.1 Å². The van der Waals surface area contributed by atoms with Crippen molar-refractivity contribution in [2.24, 2.45) is 0 Å². The highest BCUT2D eigenvalue weighted by atomic mass is 35.5. The van der Waals surface area contributed by atoms with Crippen LogP contribution in [0.5, 0.6) is 0 Å². The van der Waals surface area contributed by atoms with Crippen LogP contribution in [0.25, 0.3) is 0 Å². The molecule has 4 nitrogen and oxygen atoms in total. The second-order valence-electron chi connectivity index (χ2n) is 6.42. The van der Waals surface area contributed by atoms with Crippen LogP contribution in [0.1, 0.15) is 28.8 Å². The molecule has 0 saturated carbocycles. The topological polar surface area (TPSA) is 49.4 Å². The van der Waals surface area contributed by atoms with E-state index in [0.717, 1.165) is 18.4 Å². The zero-order chi connectivity index (χ0) is 18.5. The van der Waals surface area contributed by atoms with Gasteiger partial charge < -0.3 is 10.2 Å².